The van der Waals surface area contributed by atoms with Crippen molar-refractivity contribution in [2.45, 2.75) is 59.0 Å². The molecule has 0 aromatic rings. The summed E-state index contributed by atoms with van der Waals surface area (Å²) in [5.74, 6) is -2.50. The second-order valence-corrected chi connectivity index (χ2v) is 14.4. The van der Waals surface area contributed by atoms with Crippen molar-refractivity contribution in [2.24, 2.45) is 5.73 Å². The summed E-state index contributed by atoms with van der Waals surface area (Å²) in [7, 11) is 0. The first-order valence-electron chi connectivity index (χ1n) is 9.20. The number of rotatable bonds is 15. The lowest BCUT2D eigenvalue weighted by Gasteiger charge is -2.25. The minimum Gasteiger partial charge on any atom is -0.462 e. The van der Waals surface area contributed by atoms with Gasteiger partial charge in [-0.3, -0.25) is 28.5 Å². The molecule has 4 amide bonds. The van der Waals surface area contributed by atoms with E-state index in [9.17, 15) is 28.5 Å². The molecule has 31 heavy (non-hydrogen) atoms. The van der Waals surface area contributed by atoms with Crippen molar-refractivity contribution in [3.63, 3.8) is 0 Å². The van der Waals surface area contributed by atoms with Crippen molar-refractivity contribution >= 4 is 58.6 Å². The van der Waals surface area contributed by atoms with Crippen molar-refractivity contribution in [3.05, 3.63) is 0 Å². The topological polar surface area (TPSA) is 186 Å². The molecule has 0 bridgehead atoms. The molecule has 15 heteroatoms. The van der Waals surface area contributed by atoms with Crippen molar-refractivity contribution < 1.29 is 33.3 Å². The molecule has 0 saturated carbocycles. The van der Waals surface area contributed by atoms with Crippen LogP contribution in [0, 0.1) is 0 Å². The zero-order valence-corrected chi connectivity index (χ0v) is 20.5. The number of primary amides is 1. The summed E-state index contributed by atoms with van der Waals surface area (Å²) in [5.41, 5.74) is 1.77. The Morgan fingerprint density at radius 3 is 2.03 bits per heavy atom. The summed E-state index contributed by atoms with van der Waals surface area (Å²) >= 11 is 1.65. The van der Waals surface area contributed by atoms with E-state index in [1.807, 2.05) is 0 Å². The predicted molar refractivity (Wildman–Crippen MR) is 120 cm³/mol. The molecule has 0 rings (SSSR count). The monoisotopic (exact) mass is 499 g/mol. The number of nitrogens with two attached hydrogens (primary N) is 1. The third kappa shape index (κ3) is 13.3. The Balaban J connectivity index is 5.46. The quantitative estimate of drug-likeness (QED) is 0.0866. The van der Waals surface area contributed by atoms with Crippen LogP contribution in [0.5, 0.6) is 0 Å². The third-order valence-electron chi connectivity index (χ3n) is 3.25. The van der Waals surface area contributed by atoms with Crippen LogP contribution in [0.15, 0.2) is 0 Å². The fraction of sp³-hybridized carbons (Fsp3) is 0.688. The Kier molecular flexibility index (Phi) is 13.5. The van der Waals surface area contributed by atoms with E-state index in [0.29, 0.717) is 6.41 Å². The summed E-state index contributed by atoms with van der Waals surface area (Å²) in [6, 6.07) is -2.05. The lowest BCUT2D eigenvalue weighted by molar-refractivity contribution is -0.149. The van der Waals surface area contributed by atoms with Crippen LogP contribution in [0.1, 0.15) is 34.6 Å². The highest BCUT2D eigenvalue weighted by Crippen LogP contribution is 2.66. The van der Waals surface area contributed by atoms with E-state index in [1.165, 1.54) is 20.8 Å². The number of hydrogen-bond acceptors (Lipinski definition) is 9. The second-order valence-electron chi connectivity index (χ2n) is 6.62. The van der Waals surface area contributed by atoms with Gasteiger partial charge < -0.3 is 26.4 Å². The standard InChI is InChI=1S/C16H30N5O7PS2/c1-9(2)28-16(26)10(3)21-29(27,30-6-13(15(17)25)19-11(4)23)31-7-14(18-8-22)20-12(5)24/h8-10,13-14H,6-7H2,1-5H3,(H2,17,25)(H,18,22)(H,19,23)(H,20,24)(H,21,27)/t10-,13-,14-,29?/m0/s1. The molecule has 0 heterocycles. The SMILES string of the molecule is CC(=O)N[C@@H](CSP(=O)(N[C@@H](C)C(=O)OC(C)C)SC[C@H](NC(C)=O)C(N)=O)NC=O. The number of amides is 4. The van der Waals surface area contributed by atoms with Gasteiger partial charge in [-0.15, -0.1) is 0 Å². The maximum Gasteiger partial charge on any atom is 0.323 e. The molecule has 4 atom stereocenters. The highest BCUT2D eigenvalue weighted by atomic mass is 33.1. The molecule has 0 aliphatic heterocycles. The van der Waals surface area contributed by atoms with Gasteiger partial charge in [0.25, 0.3) is 5.70 Å². The van der Waals surface area contributed by atoms with Gasteiger partial charge in [0.15, 0.2) is 0 Å². The maximum absolute atomic E-state index is 13.5. The Morgan fingerprint density at radius 1 is 1.03 bits per heavy atom. The first-order chi connectivity index (χ1) is 14.3. The Hall–Kier alpha value is -1.76. The van der Waals surface area contributed by atoms with Crippen LogP contribution in [0.2, 0.25) is 0 Å². The van der Waals surface area contributed by atoms with Gasteiger partial charge in [0.2, 0.25) is 24.1 Å². The highest BCUT2D eigenvalue weighted by molar-refractivity contribution is 8.90. The molecule has 0 spiro atoms. The van der Waals surface area contributed by atoms with Crippen molar-refractivity contribution in [1.82, 2.24) is 21.0 Å². The van der Waals surface area contributed by atoms with E-state index in [1.54, 1.807) is 13.8 Å². The van der Waals surface area contributed by atoms with Crippen LogP contribution in [-0.4, -0.2) is 66.0 Å². The smallest absolute Gasteiger partial charge is 0.323 e. The van der Waals surface area contributed by atoms with E-state index < -0.39 is 47.6 Å². The lowest BCUT2D eigenvalue weighted by Crippen LogP contribution is -2.46. The van der Waals surface area contributed by atoms with E-state index in [2.05, 4.69) is 21.0 Å². The molecule has 1 unspecified atom stereocenters. The van der Waals surface area contributed by atoms with Crippen LogP contribution in [-0.2, 0) is 33.3 Å². The molecule has 6 N–H and O–H groups in total. The van der Waals surface area contributed by atoms with E-state index >= 15 is 0 Å². The van der Waals surface area contributed by atoms with Gasteiger partial charge in [-0.25, -0.2) is 5.09 Å². The van der Waals surface area contributed by atoms with Gasteiger partial charge in [0, 0.05) is 25.4 Å². The Morgan fingerprint density at radius 2 is 1.58 bits per heavy atom. The number of nitrogens with one attached hydrogen (secondary N) is 4. The van der Waals surface area contributed by atoms with Crippen LogP contribution >= 0.6 is 28.5 Å². The van der Waals surface area contributed by atoms with Crippen LogP contribution < -0.4 is 26.8 Å². The van der Waals surface area contributed by atoms with Gasteiger partial charge in [0.05, 0.1) is 6.10 Å². The van der Waals surface area contributed by atoms with Crippen LogP contribution in [0.4, 0.5) is 0 Å². The largest absolute Gasteiger partial charge is 0.462 e. The van der Waals surface area contributed by atoms with Crippen LogP contribution in [0.3, 0.4) is 0 Å². The van der Waals surface area contributed by atoms with Crippen molar-refractivity contribution in [1.29, 1.82) is 0 Å². The zero-order chi connectivity index (χ0) is 24.2. The van der Waals surface area contributed by atoms with Gasteiger partial charge in [-0.1, -0.05) is 22.8 Å². The number of esters is 1. The maximum atomic E-state index is 13.5. The minimum absolute atomic E-state index is 0.0110. The molecule has 178 valence electrons. The number of ether oxygens (including phenoxy) is 1. The van der Waals surface area contributed by atoms with Crippen molar-refractivity contribution in [3.8, 4) is 0 Å². The number of hydrogen-bond donors (Lipinski definition) is 5. The average Bonchev–Trinajstić information content (AvgIpc) is 2.62. The van der Waals surface area contributed by atoms with E-state index in [4.69, 9.17) is 10.5 Å². The molecular weight excluding hydrogens is 469 g/mol. The molecule has 0 aliphatic rings. The first kappa shape index (κ1) is 29.2. The molecule has 0 saturated heterocycles. The summed E-state index contributed by atoms with van der Waals surface area (Å²) in [4.78, 5) is 57.1. The van der Waals surface area contributed by atoms with Crippen LogP contribution in [0.25, 0.3) is 0 Å². The Bertz CT molecular complexity index is 710. The molecular formula is C16H30N5O7PS2. The van der Waals surface area contributed by atoms with Gasteiger partial charge in [-0.05, 0) is 20.8 Å². The molecule has 0 radical (unpaired) electrons. The molecule has 0 aliphatic carbocycles. The third-order valence-corrected chi connectivity index (χ3v) is 11.1. The van der Waals surface area contributed by atoms with E-state index in [0.717, 1.165) is 22.8 Å². The molecule has 0 aromatic heterocycles. The average molecular weight is 500 g/mol. The van der Waals surface area contributed by atoms with Crippen molar-refractivity contribution in [2.75, 3.05) is 11.5 Å². The normalized spacial score (nSPS) is 15.7. The number of carbonyl (C=O) groups is 5. The molecule has 0 aromatic carbocycles. The fourth-order valence-electron chi connectivity index (χ4n) is 1.98. The minimum atomic E-state index is -3.51. The number of carbonyl (C=O) groups excluding carboxylic acids is 5. The summed E-state index contributed by atoms with van der Waals surface area (Å²) < 4.78 is 18.6. The second kappa shape index (κ2) is 14.3. The van der Waals surface area contributed by atoms with E-state index in [-0.39, 0.29) is 17.6 Å². The molecule has 0 fully saturated rings. The summed E-state index contributed by atoms with van der Waals surface area (Å²) in [5, 5.41) is 9.94. The zero-order valence-electron chi connectivity index (χ0n) is 18.0. The predicted octanol–water partition coefficient (Wildman–Crippen LogP) is -0.311. The van der Waals surface area contributed by atoms with Gasteiger partial charge in [-0.2, -0.15) is 0 Å². The summed E-state index contributed by atoms with van der Waals surface area (Å²) in [6.45, 7) is 7.27. The van der Waals surface area contributed by atoms with Gasteiger partial charge >= 0.3 is 5.97 Å². The Labute approximate surface area is 189 Å². The fourth-order valence-corrected chi connectivity index (χ4v) is 9.36. The lowest BCUT2D eigenvalue weighted by atomic mass is 10.3. The molecule has 12 nitrogen and oxygen atoms in total. The first-order valence-corrected chi connectivity index (χ1v) is 14.1. The summed E-state index contributed by atoms with van der Waals surface area (Å²) in [6.07, 6.45) is -0.817. The van der Waals surface area contributed by atoms with Gasteiger partial charge in [0.1, 0.15) is 18.2 Å². The highest BCUT2D eigenvalue weighted by Gasteiger charge is 2.32.